The van der Waals surface area contributed by atoms with Crippen molar-refractivity contribution < 1.29 is 9.90 Å². The Balaban J connectivity index is 3.95. The van der Waals surface area contributed by atoms with E-state index in [4.69, 9.17) is 5.11 Å². The molecule has 2 unspecified atom stereocenters. The van der Waals surface area contributed by atoms with Crippen molar-refractivity contribution in [1.82, 2.24) is 10.6 Å². The molecule has 96 valence electrons. The summed E-state index contributed by atoms with van der Waals surface area (Å²) in [5, 5.41) is 15.1. The van der Waals surface area contributed by atoms with Gasteiger partial charge in [-0.1, -0.05) is 0 Å². The van der Waals surface area contributed by atoms with Crippen LogP contribution in [0.25, 0.3) is 0 Å². The average Bonchev–Trinajstić information content (AvgIpc) is 2.15. The highest BCUT2D eigenvalue weighted by Crippen LogP contribution is 2.09. The number of aliphatic hydroxyl groups is 1. The van der Waals surface area contributed by atoms with Crippen molar-refractivity contribution in [2.45, 2.75) is 44.5 Å². The lowest BCUT2D eigenvalue weighted by atomic mass is 10.1. The highest BCUT2D eigenvalue weighted by atomic mass is 32.2. The second-order valence-electron chi connectivity index (χ2n) is 4.92. The second-order valence-corrected chi connectivity index (χ2v) is 5.99. The van der Waals surface area contributed by atoms with Gasteiger partial charge in [0.25, 0.3) is 0 Å². The number of rotatable bonds is 6. The topological polar surface area (TPSA) is 61.4 Å². The summed E-state index contributed by atoms with van der Waals surface area (Å²) < 4.78 is 0. The molecule has 1 amide bonds. The summed E-state index contributed by atoms with van der Waals surface area (Å²) >= 11 is 1.56. The van der Waals surface area contributed by atoms with Gasteiger partial charge in [0.15, 0.2) is 0 Å². The van der Waals surface area contributed by atoms with Crippen molar-refractivity contribution in [3.8, 4) is 0 Å². The Bertz CT molecular complexity index is 213. The molecule has 0 rings (SSSR count). The number of nitrogens with one attached hydrogen (secondary N) is 2. The van der Waals surface area contributed by atoms with E-state index in [0.29, 0.717) is 6.54 Å². The molecule has 3 N–H and O–H groups in total. The van der Waals surface area contributed by atoms with E-state index >= 15 is 0 Å². The zero-order valence-corrected chi connectivity index (χ0v) is 11.6. The Kier molecular flexibility index (Phi) is 7.03. The highest BCUT2D eigenvalue weighted by molar-refractivity contribution is 7.99. The molecule has 16 heavy (non-hydrogen) atoms. The van der Waals surface area contributed by atoms with Gasteiger partial charge in [0.1, 0.15) is 0 Å². The molecule has 0 radical (unpaired) electrons. The lowest BCUT2D eigenvalue weighted by Gasteiger charge is -2.24. The van der Waals surface area contributed by atoms with Crippen LogP contribution in [-0.4, -0.2) is 47.3 Å². The predicted octanol–water partition coefficient (Wildman–Crippen LogP) is 0.603. The number of hydrogen-bond acceptors (Lipinski definition) is 4. The maximum atomic E-state index is 11.6. The van der Waals surface area contributed by atoms with Gasteiger partial charge < -0.3 is 15.7 Å². The van der Waals surface area contributed by atoms with Crippen LogP contribution in [0, 0.1) is 0 Å². The van der Waals surface area contributed by atoms with Gasteiger partial charge in [-0.05, 0) is 34.0 Å². The van der Waals surface area contributed by atoms with Crippen molar-refractivity contribution >= 4 is 17.7 Å². The summed E-state index contributed by atoms with van der Waals surface area (Å²) in [5.74, 6) is -0.0325. The molecule has 0 heterocycles. The van der Waals surface area contributed by atoms with Crippen LogP contribution in [0.5, 0.6) is 0 Å². The monoisotopic (exact) mass is 248 g/mol. The van der Waals surface area contributed by atoms with Gasteiger partial charge in [-0.3, -0.25) is 4.79 Å². The third-order valence-corrected chi connectivity index (χ3v) is 3.37. The predicted molar refractivity (Wildman–Crippen MR) is 69.7 cm³/mol. The first-order chi connectivity index (χ1) is 7.30. The number of carbonyl (C=O) groups is 1. The summed E-state index contributed by atoms with van der Waals surface area (Å²) in [6.07, 6.45) is 1.93. The number of thioether (sulfide) groups is 1. The van der Waals surface area contributed by atoms with E-state index in [1.807, 2.05) is 34.0 Å². The molecule has 0 aliphatic rings. The molecule has 0 saturated carbocycles. The van der Waals surface area contributed by atoms with Gasteiger partial charge in [-0.2, -0.15) is 11.8 Å². The van der Waals surface area contributed by atoms with Gasteiger partial charge >= 0.3 is 0 Å². The molecule has 0 saturated heterocycles. The van der Waals surface area contributed by atoms with Crippen LogP contribution in [-0.2, 0) is 4.79 Å². The molecule has 4 nitrogen and oxygen atoms in total. The van der Waals surface area contributed by atoms with Gasteiger partial charge in [-0.15, -0.1) is 0 Å². The molecular formula is C11H24N2O2S. The molecule has 2 atom stereocenters. The molecule has 0 aromatic carbocycles. The lowest BCUT2D eigenvalue weighted by molar-refractivity contribution is -0.121. The van der Waals surface area contributed by atoms with Crippen molar-refractivity contribution in [2.75, 3.05) is 19.4 Å². The first-order valence-corrected chi connectivity index (χ1v) is 6.77. The quantitative estimate of drug-likeness (QED) is 0.644. The smallest absolute Gasteiger partial charge is 0.234 e. The third kappa shape index (κ3) is 7.09. The van der Waals surface area contributed by atoms with Crippen LogP contribution in [0.3, 0.4) is 0 Å². The fourth-order valence-electron chi connectivity index (χ4n) is 1.18. The molecule has 0 fully saturated rings. The Morgan fingerprint density at radius 3 is 2.38 bits per heavy atom. The van der Waals surface area contributed by atoms with E-state index in [1.165, 1.54) is 0 Å². The van der Waals surface area contributed by atoms with Crippen LogP contribution in [0.4, 0.5) is 0 Å². The maximum Gasteiger partial charge on any atom is 0.234 e. The first-order valence-electron chi connectivity index (χ1n) is 5.48. The number of aliphatic hydroxyl groups excluding tert-OH is 1. The van der Waals surface area contributed by atoms with Crippen LogP contribution in [0.15, 0.2) is 0 Å². The summed E-state index contributed by atoms with van der Waals surface area (Å²) in [6.45, 7) is 8.34. The van der Waals surface area contributed by atoms with Gasteiger partial charge in [0, 0.05) is 16.8 Å². The van der Waals surface area contributed by atoms with E-state index in [1.54, 1.807) is 11.8 Å². The third-order valence-electron chi connectivity index (χ3n) is 2.21. The van der Waals surface area contributed by atoms with E-state index in [2.05, 4.69) is 10.6 Å². The van der Waals surface area contributed by atoms with Gasteiger partial charge in [0.2, 0.25) is 5.91 Å². The molecule has 0 bridgehead atoms. The Morgan fingerprint density at radius 2 is 2.00 bits per heavy atom. The summed E-state index contributed by atoms with van der Waals surface area (Å²) in [4.78, 5) is 11.6. The molecule has 0 spiro atoms. The number of carbonyl (C=O) groups excluding carboxylic acids is 1. The minimum absolute atomic E-state index is 0.0192. The van der Waals surface area contributed by atoms with E-state index in [0.717, 1.165) is 0 Å². The normalized spacial score (nSPS) is 15.6. The fourth-order valence-corrected chi connectivity index (χ4v) is 1.81. The molecule has 0 aliphatic heterocycles. The molecule has 0 aliphatic carbocycles. The van der Waals surface area contributed by atoms with Crippen molar-refractivity contribution in [3.05, 3.63) is 0 Å². The van der Waals surface area contributed by atoms with Crippen LogP contribution in [0.2, 0.25) is 0 Å². The van der Waals surface area contributed by atoms with Gasteiger partial charge in [-0.25, -0.2) is 0 Å². The molecule has 0 aromatic heterocycles. The Labute approximate surface area is 103 Å². The zero-order valence-electron chi connectivity index (χ0n) is 10.8. The average molecular weight is 248 g/mol. The van der Waals surface area contributed by atoms with Crippen molar-refractivity contribution in [3.63, 3.8) is 0 Å². The lowest BCUT2D eigenvalue weighted by Crippen LogP contribution is -2.48. The standard InChI is InChI=1S/C11H24N2O2S/c1-8(9(7-14)16-5)13-10(15)6-12-11(2,3)4/h8-9,12,14H,6-7H2,1-5H3,(H,13,15). The minimum atomic E-state index is -0.0591. The second kappa shape index (κ2) is 7.14. The fraction of sp³-hybridized carbons (Fsp3) is 0.909. The zero-order chi connectivity index (χ0) is 12.8. The maximum absolute atomic E-state index is 11.6. The van der Waals surface area contributed by atoms with E-state index in [-0.39, 0.29) is 29.3 Å². The summed E-state index contributed by atoms with van der Waals surface area (Å²) in [5.41, 5.74) is -0.0591. The Hall–Kier alpha value is -0.260. The van der Waals surface area contributed by atoms with Gasteiger partial charge in [0.05, 0.1) is 13.2 Å². The van der Waals surface area contributed by atoms with Crippen molar-refractivity contribution in [2.24, 2.45) is 0 Å². The van der Waals surface area contributed by atoms with Crippen LogP contribution in [0.1, 0.15) is 27.7 Å². The van der Waals surface area contributed by atoms with Crippen molar-refractivity contribution in [1.29, 1.82) is 0 Å². The molecule has 5 heteroatoms. The SMILES string of the molecule is CSC(CO)C(C)NC(=O)CNC(C)(C)C. The van der Waals surface area contributed by atoms with Crippen LogP contribution >= 0.6 is 11.8 Å². The Morgan fingerprint density at radius 1 is 1.44 bits per heavy atom. The molecule has 0 aromatic rings. The van der Waals surface area contributed by atoms with E-state index < -0.39 is 0 Å². The number of amides is 1. The van der Waals surface area contributed by atoms with E-state index in [9.17, 15) is 4.79 Å². The number of hydrogen-bond donors (Lipinski definition) is 3. The largest absolute Gasteiger partial charge is 0.395 e. The first kappa shape index (κ1) is 15.7. The summed E-state index contributed by atoms with van der Waals surface area (Å²) in [6, 6.07) is -0.0192. The molecular weight excluding hydrogens is 224 g/mol. The minimum Gasteiger partial charge on any atom is -0.395 e. The van der Waals surface area contributed by atoms with Crippen LogP contribution < -0.4 is 10.6 Å². The highest BCUT2D eigenvalue weighted by Gasteiger charge is 2.18. The summed E-state index contributed by atoms with van der Waals surface area (Å²) in [7, 11) is 0.